The Morgan fingerprint density at radius 3 is 2.06 bits per heavy atom. The van der Waals surface area contributed by atoms with E-state index < -0.39 is 36.9 Å². The molecule has 0 spiro atoms. The van der Waals surface area contributed by atoms with E-state index in [0.29, 0.717) is 6.07 Å². The lowest BCUT2D eigenvalue weighted by Gasteiger charge is -2.06. The Balaban J connectivity index is 3.41. The van der Waals surface area contributed by atoms with E-state index in [9.17, 15) is 16.8 Å². The van der Waals surface area contributed by atoms with Gasteiger partial charge >= 0.3 is 10.4 Å². The second-order valence-electron chi connectivity index (χ2n) is 2.62. The predicted octanol–water partition coefficient (Wildman–Crippen LogP) is -0.180. The van der Waals surface area contributed by atoms with Crippen molar-refractivity contribution >= 4 is 20.5 Å². The Morgan fingerprint density at radius 1 is 1.06 bits per heavy atom. The van der Waals surface area contributed by atoms with Crippen molar-refractivity contribution in [2.75, 3.05) is 0 Å². The Kier molecular flexibility index (Phi) is 3.10. The lowest BCUT2D eigenvalue weighted by atomic mass is 10.3. The third-order valence-electron chi connectivity index (χ3n) is 1.40. The molecule has 10 heteroatoms. The van der Waals surface area contributed by atoms with Gasteiger partial charge < -0.3 is 9.29 Å². The average molecular weight is 270 g/mol. The van der Waals surface area contributed by atoms with Crippen LogP contribution in [0.1, 0.15) is 0 Å². The van der Waals surface area contributed by atoms with Crippen LogP contribution in [-0.2, 0) is 20.5 Å². The van der Waals surface area contributed by atoms with Crippen molar-refractivity contribution in [2.45, 2.75) is 4.90 Å². The van der Waals surface area contributed by atoms with Crippen LogP contribution in [0.3, 0.4) is 0 Å². The van der Waals surface area contributed by atoms with E-state index in [2.05, 4.69) is 4.18 Å². The summed E-state index contributed by atoms with van der Waals surface area (Å²) in [5.41, 5.74) is 0. The highest BCUT2D eigenvalue weighted by Gasteiger charge is 2.21. The Morgan fingerprint density at radius 2 is 1.62 bits per heavy atom. The summed E-state index contributed by atoms with van der Waals surface area (Å²) in [4.78, 5) is -0.981. The minimum Gasteiger partial charge on any atom is -0.508 e. The van der Waals surface area contributed by atoms with Crippen LogP contribution in [-0.4, -0.2) is 31.0 Å². The maximum Gasteiger partial charge on any atom is 0.446 e. The van der Waals surface area contributed by atoms with E-state index >= 15 is 0 Å². The summed E-state index contributed by atoms with van der Waals surface area (Å²) < 4.78 is 63.2. The van der Waals surface area contributed by atoms with Crippen molar-refractivity contribution in [1.29, 1.82) is 0 Å². The molecule has 0 aliphatic carbocycles. The molecule has 1 aromatic carbocycles. The zero-order valence-electron chi connectivity index (χ0n) is 7.43. The standard InChI is InChI=1S/C6H6O8S2/c7-4-1-2-5(14-16(11,12)13)6(3-4)15(8,9)10/h1-3,7H,(H,8,9,10)(H,11,12,13). The molecule has 0 aromatic heterocycles. The zero-order valence-corrected chi connectivity index (χ0v) is 9.06. The first kappa shape index (κ1) is 12.7. The van der Waals surface area contributed by atoms with Crippen molar-refractivity contribution in [3.63, 3.8) is 0 Å². The number of benzene rings is 1. The van der Waals surface area contributed by atoms with Crippen molar-refractivity contribution < 1.29 is 35.2 Å². The molecule has 1 rings (SSSR count). The monoisotopic (exact) mass is 270 g/mol. The second-order valence-corrected chi connectivity index (χ2v) is 5.03. The molecule has 1 aromatic rings. The SMILES string of the molecule is O=S(=O)(O)Oc1ccc(O)cc1S(=O)(=O)O. The van der Waals surface area contributed by atoms with Crippen LogP contribution < -0.4 is 4.18 Å². The summed E-state index contributed by atoms with van der Waals surface area (Å²) in [6.45, 7) is 0. The quantitative estimate of drug-likeness (QED) is 0.643. The van der Waals surface area contributed by atoms with Crippen molar-refractivity contribution in [3.05, 3.63) is 18.2 Å². The molecule has 0 amide bonds. The second kappa shape index (κ2) is 3.90. The molecule has 90 valence electrons. The number of hydrogen-bond acceptors (Lipinski definition) is 6. The van der Waals surface area contributed by atoms with Crippen LogP contribution in [0.15, 0.2) is 23.1 Å². The normalized spacial score (nSPS) is 12.4. The average Bonchev–Trinajstić information content (AvgIpc) is 2.04. The first-order valence-corrected chi connectivity index (χ1v) is 6.37. The summed E-state index contributed by atoms with van der Waals surface area (Å²) in [5.74, 6) is -1.36. The summed E-state index contributed by atoms with van der Waals surface area (Å²) in [6, 6.07) is 2.23. The third kappa shape index (κ3) is 3.34. The van der Waals surface area contributed by atoms with Gasteiger partial charge in [0.1, 0.15) is 10.6 Å². The van der Waals surface area contributed by atoms with Gasteiger partial charge in [0.2, 0.25) is 0 Å². The van der Waals surface area contributed by atoms with Crippen molar-refractivity contribution in [3.8, 4) is 11.5 Å². The minimum atomic E-state index is -4.93. The van der Waals surface area contributed by atoms with Gasteiger partial charge in [-0.2, -0.15) is 16.8 Å². The number of rotatable bonds is 3. The zero-order chi connectivity index (χ0) is 12.6. The molecule has 16 heavy (non-hydrogen) atoms. The largest absolute Gasteiger partial charge is 0.508 e. The van der Waals surface area contributed by atoms with E-state index in [4.69, 9.17) is 14.2 Å². The predicted molar refractivity (Wildman–Crippen MR) is 50.1 cm³/mol. The lowest BCUT2D eigenvalue weighted by Crippen LogP contribution is -2.10. The Bertz CT molecular complexity index is 599. The summed E-state index contributed by atoms with van der Waals surface area (Å²) in [6.07, 6.45) is 0. The minimum absolute atomic E-state index is 0.532. The van der Waals surface area contributed by atoms with E-state index in [1.54, 1.807) is 0 Å². The van der Waals surface area contributed by atoms with Gasteiger partial charge in [-0.1, -0.05) is 0 Å². The van der Waals surface area contributed by atoms with Gasteiger partial charge in [0.25, 0.3) is 10.1 Å². The smallest absolute Gasteiger partial charge is 0.446 e. The molecule has 8 nitrogen and oxygen atoms in total. The van der Waals surface area contributed by atoms with Crippen LogP contribution in [0.2, 0.25) is 0 Å². The molecule has 0 aliphatic rings. The first-order chi connectivity index (χ1) is 7.09. The molecule has 0 bridgehead atoms. The summed E-state index contributed by atoms with van der Waals surface area (Å²) >= 11 is 0. The molecule has 0 saturated carbocycles. The summed E-state index contributed by atoms with van der Waals surface area (Å²) in [7, 11) is -9.72. The van der Waals surface area contributed by atoms with Gasteiger partial charge in [-0.3, -0.25) is 9.11 Å². The van der Waals surface area contributed by atoms with Gasteiger partial charge in [0, 0.05) is 6.07 Å². The Hall–Kier alpha value is -1.36. The third-order valence-corrected chi connectivity index (χ3v) is 2.67. The maximum absolute atomic E-state index is 10.8. The highest BCUT2D eigenvalue weighted by atomic mass is 32.3. The number of phenols is 1. The number of phenolic OH excluding ortho intramolecular Hbond substituents is 1. The maximum atomic E-state index is 10.8. The molecule has 0 aliphatic heterocycles. The number of aromatic hydroxyl groups is 1. The van der Waals surface area contributed by atoms with Crippen molar-refractivity contribution in [2.24, 2.45) is 0 Å². The molecule has 0 fully saturated rings. The van der Waals surface area contributed by atoms with Crippen LogP contribution in [0, 0.1) is 0 Å². The van der Waals surface area contributed by atoms with E-state index in [-0.39, 0.29) is 0 Å². The van der Waals surface area contributed by atoms with E-state index in [0.717, 1.165) is 12.1 Å². The molecule has 0 saturated heterocycles. The topological polar surface area (TPSA) is 138 Å². The van der Waals surface area contributed by atoms with Gasteiger partial charge in [-0.15, -0.1) is 0 Å². The Labute approximate surface area is 90.8 Å². The van der Waals surface area contributed by atoms with Crippen molar-refractivity contribution in [1.82, 2.24) is 0 Å². The molecular weight excluding hydrogens is 264 g/mol. The fourth-order valence-corrected chi connectivity index (χ4v) is 1.94. The van der Waals surface area contributed by atoms with Crippen LogP contribution in [0.25, 0.3) is 0 Å². The highest BCUT2D eigenvalue weighted by molar-refractivity contribution is 7.86. The molecule has 0 atom stereocenters. The molecule has 0 heterocycles. The van der Waals surface area contributed by atoms with E-state index in [1.165, 1.54) is 0 Å². The van der Waals surface area contributed by atoms with Gasteiger partial charge in [0.05, 0.1) is 0 Å². The van der Waals surface area contributed by atoms with Crippen LogP contribution in [0.4, 0.5) is 0 Å². The highest BCUT2D eigenvalue weighted by Crippen LogP contribution is 2.28. The fourth-order valence-electron chi connectivity index (χ4n) is 0.881. The molecule has 0 unspecified atom stereocenters. The molecule has 0 radical (unpaired) electrons. The van der Waals surface area contributed by atoms with Crippen LogP contribution in [0.5, 0.6) is 11.5 Å². The van der Waals surface area contributed by atoms with Crippen LogP contribution >= 0.6 is 0 Å². The number of hydrogen-bond donors (Lipinski definition) is 3. The first-order valence-electron chi connectivity index (χ1n) is 3.57. The van der Waals surface area contributed by atoms with E-state index in [1.807, 2.05) is 0 Å². The van der Waals surface area contributed by atoms with Gasteiger partial charge in [-0.05, 0) is 12.1 Å². The fraction of sp³-hybridized carbons (Fsp3) is 0. The lowest BCUT2D eigenvalue weighted by molar-refractivity contribution is 0.380. The molecule has 3 N–H and O–H groups in total. The van der Waals surface area contributed by atoms with Gasteiger partial charge in [-0.25, -0.2) is 0 Å². The van der Waals surface area contributed by atoms with Gasteiger partial charge in [0.15, 0.2) is 5.75 Å². The summed E-state index contributed by atoms with van der Waals surface area (Å²) in [5, 5.41) is 8.96. The molecular formula is C6H6O8S2.